The highest BCUT2D eigenvalue weighted by molar-refractivity contribution is 7.10. The molecular weight excluding hydrogens is 274 g/mol. The zero-order valence-electron chi connectivity index (χ0n) is 11.2. The van der Waals surface area contributed by atoms with Gasteiger partial charge in [0.2, 0.25) is 5.91 Å². The van der Waals surface area contributed by atoms with Gasteiger partial charge in [0.25, 0.3) is 0 Å². The lowest BCUT2D eigenvalue weighted by atomic mass is 9.82. The van der Waals surface area contributed by atoms with Crippen molar-refractivity contribution in [3.05, 3.63) is 22.4 Å². The molecule has 4 rings (SSSR count). The predicted molar refractivity (Wildman–Crippen MR) is 74.5 cm³/mol. The van der Waals surface area contributed by atoms with Gasteiger partial charge in [-0.25, -0.2) is 4.79 Å². The average molecular weight is 291 g/mol. The van der Waals surface area contributed by atoms with Gasteiger partial charge in [-0.2, -0.15) is 0 Å². The molecule has 3 heterocycles. The highest BCUT2D eigenvalue weighted by atomic mass is 32.1. The Balaban J connectivity index is 1.68. The van der Waals surface area contributed by atoms with Crippen LogP contribution in [0.1, 0.15) is 37.0 Å². The first kappa shape index (κ1) is 12.4. The molecule has 1 aromatic heterocycles. The number of carbonyl (C=O) groups excluding carboxylic acids is 2. The van der Waals surface area contributed by atoms with Crippen molar-refractivity contribution in [1.29, 1.82) is 0 Å². The second-order valence-electron chi connectivity index (χ2n) is 6.03. The summed E-state index contributed by atoms with van der Waals surface area (Å²) in [5, 5.41) is 2.03. The van der Waals surface area contributed by atoms with E-state index < -0.39 is 0 Å². The lowest BCUT2D eigenvalue weighted by molar-refractivity contribution is -0.159. The van der Waals surface area contributed by atoms with E-state index in [-0.39, 0.29) is 29.4 Å². The number of amides is 1. The SMILES string of the molecule is O=C1O[C@@H]2C[C@H]1N(C(=O)C1(c3cccs3)CCCC1)C2. The number of ether oxygens (including phenoxy) is 1. The molecule has 1 amide bonds. The Morgan fingerprint density at radius 3 is 2.80 bits per heavy atom. The van der Waals surface area contributed by atoms with E-state index in [0.29, 0.717) is 13.0 Å². The Bertz CT molecular complexity index is 547. The molecule has 2 aliphatic heterocycles. The molecule has 3 aliphatic rings. The first-order chi connectivity index (χ1) is 9.71. The van der Waals surface area contributed by atoms with Crippen molar-refractivity contribution >= 4 is 23.2 Å². The maximum atomic E-state index is 13.1. The summed E-state index contributed by atoms with van der Waals surface area (Å²) in [6, 6.07) is 3.75. The number of esters is 1. The van der Waals surface area contributed by atoms with Crippen molar-refractivity contribution in [3.8, 4) is 0 Å². The van der Waals surface area contributed by atoms with Crippen LogP contribution in [0.25, 0.3) is 0 Å². The topological polar surface area (TPSA) is 46.6 Å². The van der Waals surface area contributed by atoms with Crippen LogP contribution >= 0.6 is 11.3 Å². The maximum absolute atomic E-state index is 13.1. The zero-order valence-corrected chi connectivity index (χ0v) is 12.0. The van der Waals surface area contributed by atoms with Crippen LogP contribution in [-0.4, -0.2) is 35.5 Å². The van der Waals surface area contributed by atoms with Crippen molar-refractivity contribution in [2.45, 2.75) is 49.7 Å². The number of nitrogens with zero attached hydrogens (tertiary/aromatic N) is 1. The fourth-order valence-corrected chi connectivity index (χ4v) is 4.92. The van der Waals surface area contributed by atoms with Crippen LogP contribution in [0.5, 0.6) is 0 Å². The number of thiophene rings is 1. The van der Waals surface area contributed by atoms with Gasteiger partial charge in [-0.05, 0) is 24.3 Å². The molecule has 1 aliphatic carbocycles. The fraction of sp³-hybridized carbons (Fsp3) is 0.600. The van der Waals surface area contributed by atoms with Gasteiger partial charge >= 0.3 is 5.97 Å². The van der Waals surface area contributed by atoms with Crippen LogP contribution in [0, 0.1) is 0 Å². The predicted octanol–water partition coefficient (Wildman–Crippen LogP) is 2.09. The third kappa shape index (κ3) is 1.59. The van der Waals surface area contributed by atoms with Crippen molar-refractivity contribution < 1.29 is 14.3 Å². The number of likely N-dealkylation sites (tertiary alicyclic amines) is 1. The second-order valence-corrected chi connectivity index (χ2v) is 6.98. The molecule has 2 bridgehead atoms. The molecule has 2 atom stereocenters. The van der Waals surface area contributed by atoms with Crippen molar-refractivity contribution in [2.24, 2.45) is 0 Å². The first-order valence-corrected chi connectivity index (χ1v) is 8.14. The molecule has 20 heavy (non-hydrogen) atoms. The van der Waals surface area contributed by atoms with Gasteiger partial charge in [0.1, 0.15) is 12.1 Å². The minimum absolute atomic E-state index is 0.0711. The van der Waals surface area contributed by atoms with Crippen molar-refractivity contribution in [1.82, 2.24) is 4.90 Å². The summed E-state index contributed by atoms with van der Waals surface area (Å²) in [5.41, 5.74) is -0.376. The van der Waals surface area contributed by atoms with E-state index in [9.17, 15) is 9.59 Å². The van der Waals surface area contributed by atoms with Crippen LogP contribution in [0.2, 0.25) is 0 Å². The number of morpholine rings is 1. The first-order valence-electron chi connectivity index (χ1n) is 7.26. The molecule has 3 fully saturated rings. The molecule has 0 aromatic carbocycles. The van der Waals surface area contributed by atoms with Gasteiger partial charge in [0.05, 0.1) is 12.0 Å². The van der Waals surface area contributed by atoms with Crippen LogP contribution in [-0.2, 0) is 19.7 Å². The van der Waals surface area contributed by atoms with Gasteiger partial charge in [0.15, 0.2) is 0 Å². The van der Waals surface area contributed by atoms with Crippen LogP contribution in [0.4, 0.5) is 0 Å². The molecule has 4 nitrogen and oxygen atoms in total. The molecule has 1 saturated carbocycles. The molecule has 0 unspecified atom stereocenters. The lowest BCUT2D eigenvalue weighted by Crippen LogP contribution is -2.51. The van der Waals surface area contributed by atoms with Gasteiger partial charge < -0.3 is 9.64 Å². The Morgan fingerprint density at radius 2 is 2.20 bits per heavy atom. The van der Waals surface area contributed by atoms with E-state index in [1.807, 2.05) is 11.4 Å². The smallest absolute Gasteiger partial charge is 0.329 e. The summed E-state index contributed by atoms with van der Waals surface area (Å²) in [7, 11) is 0. The third-order valence-electron chi connectivity index (χ3n) is 4.94. The molecule has 0 N–H and O–H groups in total. The quantitative estimate of drug-likeness (QED) is 0.784. The maximum Gasteiger partial charge on any atom is 0.329 e. The summed E-state index contributed by atoms with van der Waals surface area (Å²) >= 11 is 1.66. The second kappa shape index (κ2) is 4.32. The number of rotatable bonds is 2. The highest BCUT2D eigenvalue weighted by Gasteiger charge is 2.54. The van der Waals surface area contributed by atoms with E-state index >= 15 is 0 Å². The summed E-state index contributed by atoms with van der Waals surface area (Å²) in [4.78, 5) is 27.8. The Labute approximate surface area is 121 Å². The van der Waals surface area contributed by atoms with E-state index in [0.717, 1.165) is 30.6 Å². The summed E-state index contributed by atoms with van der Waals surface area (Å²) in [5.74, 6) is -0.0597. The van der Waals surface area contributed by atoms with Gasteiger partial charge in [-0.15, -0.1) is 11.3 Å². The fourth-order valence-electron chi connectivity index (χ4n) is 3.94. The molecule has 5 heteroatoms. The van der Waals surface area contributed by atoms with Crippen LogP contribution in [0.15, 0.2) is 17.5 Å². The summed E-state index contributed by atoms with van der Waals surface area (Å²) in [6.07, 6.45) is 4.63. The molecule has 2 saturated heterocycles. The van der Waals surface area contributed by atoms with Gasteiger partial charge in [-0.3, -0.25) is 4.79 Å². The third-order valence-corrected chi connectivity index (χ3v) is 6.01. The standard InChI is InChI=1S/C15H17NO3S/c17-13-11-8-10(19-13)9-16(11)14(18)15(5-1-2-6-15)12-4-3-7-20-12/h3-4,7,10-11H,1-2,5-6,8-9H2/t10-,11-/m1/s1. The minimum Gasteiger partial charge on any atom is -0.459 e. The Hall–Kier alpha value is -1.36. The molecule has 106 valence electrons. The van der Waals surface area contributed by atoms with Crippen LogP contribution in [0.3, 0.4) is 0 Å². The van der Waals surface area contributed by atoms with Crippen molar-refractivity contribution in [3.63, 3.8) is 0 Å². The summed E-state index contributed by atoms with van der Waals surface area (Å²) in [6.45, 7) is 0.586. The normalized spacial score (nSPS) is 30.8. The van der Waals surface area contributed by atoms with E-state index in [1.165, 1.54) is 0 Å². The highest BCUT2D eigenvalue weighted by Crippen LogP contribution is 2.46. The monoisotopic (exact) mass is 291 g/mol. The average Bonchev–Trinajstić information content (AvgIpc) is 3.20. The number of fused-ring (bicyclic) bond motifs is 2. The lowest BCUT2D eigenvalue weighted by Gasteiger charge is -2.35. The molecule has 1 aromatic rings. The van der Waals surface area contributed by atoms with Gasteiger partial charge in [0, 0.05) is 11.3 Å². The molecular formula is C15H17NO3S. The molecule has 0 spiro atoms. The van der Waals surface area contributed by atoms with Crippen molar-refractivity contribution in [2.75, 3.05) is 6.54 Å². The van der Waals surface area contributed by atoms with Gasteiger partial charge in [-0.1, -0.05) is 18.9 Å². The van der Waals surface area contributed by atoms with E-state index in [1.54, 1.807) is 16.2 Å². The largest absolute Gasteiger partial charge is 0.459 e. The minimum atomic E-state index is -0.376. The zero-order chi connectivity index (χ0) is 13.7. The van der Waals surface area contributed by atoms with E-state index in [4.69, 9.17) is 4.74 Å². The number of hydrogen-bond donors (Lipinski definition) is 0. The molecule has 0 radical (unpaired) electrons. The Kier molecular flexibility index (Phi) is 2.67. The number of carbonyl (C=O) groups is 2. The number of hydrogen-bond acceptors (Lipinski definition) is 4. The Morgan fingerprint density at radius 1 is 1.40 bits per heavy atom. The van der Waals surface area contributed by atoms with E-state index in [2.05, 4.69) is 6.07 Å². The van der Waals surface area contributed by atoms with Crippen LogP contribution < -0.4 is 0 Å². The summed E-state index contributed by atoms with van der Waals surface area (Å²) < 4.78 is 5.20.